The van der Waals surface area contributed by atoms with Crippen molar-refractivity contribution in [2.24, 2.45) is 0 Å². The van der Waals surface area contributed by atoms with Gasteiger partial charge in [-0.25, -0.2) is 0 Å². The average molecular weight is 254 g/mol. The van der Waals surface area contributed by atoms with Crippen molar-refractivity contribution in [1.29, 1.82) is 0 Å². The SMILES string of the molecule is c1ccc2c(-c3noc([C@@H]4CCCN4)n3)c[nH]c2c1. The molecular weight excluding hydrogens is 240 g/mol. The lowest BCUT2D eigenvalue weighted by Crippen LogP contribution is -2.12. The molecule has 96 valence electrons. The highest BCUT2D eigenvalue weighted by atomic mass is 16.5. The van der Waals surface area contributed by atoms with Crippen LogP contribution in [0.4, 0.5) is 0 Å². The third-order valence-electron chi connectivity index (χ3n) is 3.63. The normalized spacial score (nSPS) is 19.3. The van der Waals surface area contributed by atoms with E-state index in [0.717, 1.165) is 35.9 Å². The Morgan fingerprint density at radius 1 is 1.26 bits per heavy atom. The molecule has 1 fully saturated rings. The molecule has 1 aliphatic heterocycles. The molecule has 0 bridgehead atoms. The number of benzene rings is 1. The van der Waals surface area contributed by atoms with Crippen LogP contribution in [0.2, 0.25) is 0 Å². The quantitative estimate of drug-likeness (QED) is 0.737. The molecule has 5 nitrogen and oxygen atoms in total. The first-order valence-electron chi connectivity index (χ1n) is 6.55. The van der Waals surface area contributed by atoms with Crippen LogP contribution >= 0.6 is 0 Å². The van der Waals surface area contributed by atoms with Crippen molar-refractivity contribution in [2.75, 3.05) is 6.54 Å². The van der Waals surface area contributed by atoms with Crippen LogP contribution in [0.15, 0.2) is 35.0 Å². The Morgan fingerprint density at radius 3 is 3.11 bits per heavy atom. The summed E-state index contributed by atoms with van der Waals surface area (Å²) in [5.41, 5.74) is 2.08. The summed E-state index contributed by atoms with van der Waals surface area (Å²) in [5, 5.41) is 8.59. The van der Waals surface area contributed by atoms with E-state index in [1.165, 1.54) is 0 Å². The molecule has 0 unspecified atom stereocenters. The molecule has 0 saturated carbocycles. The number of H-pyrrole nitrogens is 1. The fourth-order valence-electron chi connectivity index (χ4n) is 2.64. The van der Waals surface area contributed by atoms with Crippen molar-refractivity contribution in [3.05, 3.63) is 36.4 Å². The number of hydrogen-bond acceptors (Lipinski definition) is 4. The summed E-state index contributed by atoms with van der Waals surface area (Å²) in [6.07, 6.45) is 4.16. The summed E-state index contributed by atoms with van der Waals surface area (Å²) in [4.78, 5) is 7.75. The second-order valence-corrected chi connectivity index (χ2v) is 4.85. The van der Waals surface area contributed by atoms with E-state index in [2.05, 4.69) is 26.5 Å². The van der Waals surface area contributed by atoms with Gasteiger partial charge in [-0.3, -0.25) is 0 Å². The molecule has 1 aliphatic rings. The van der Waals surface area contributed by atoms with Crippen LogP contribution in [-0.4, -0.2) is 21.7 Å². The van der Waals surface area contributed by atoms with Crippen molar-refractivity contribution < 1.29 is 4.52 Å². The van der Waals surface area contributed by atoms with Crippen LogP contribution in [0.1, 0.15) is 24.8 Å². The molecule has 1 saturated heterocycles. The van der Waals surface area contributed by atoms with E-state index in [0.29, 0.717) is 11.7 Å². The molecule has 1 aromatic carbocycles. The maximum atomic E-state index is 5.38. The predicted molar refractivity (Wildman–Crippen MR) is 71.6 cm³/mol. The van der Waals surface area contributed by atoms with Gasteiger partial charge >= 0.3 is 0 Å². The highest BCUT2D eigenvalue weighted by molar-refractivity contribution is 5.93. The Bertz CT molecular complexity index is 709. The van der Waals surface area contributed by atoms with Gasteiger partial charge < -0.3 is 14.8 Å². The minimum absolute atomic E-state index is 0.214. The van der Waals surface area contributed by atoms with Crippen molar-refractivity contribution in [3.63, 3.8) is 0 Å². The van der Waals surface area contributed by atoms with Gasteiger partial charge in [0, 0.05) is 22.7 Å². The van der Waals surface area contributed by atoms with E-state index >= 15 is 0 Å². The Labute approximate surface area is 110 Å². The lowest BCUT2D eigenvalue weighted by atomic mass is 10.1. The number of rotatable bonds is 2. The van der Waals surface area contributed by atoms with Crippen molar-refractivity contribution in [3.8, 4) is 11.4 Å². The van der Waals surface area contributed by atoms with E-state index in [1.807, 2.05) is 24.4 Å². The Kier molecular flexibility index (Phi) is 2.38. The third-order valence-corrected chi connectivity index (χ3v) is 3.63. The lowest BCUT2D eigenvalue weighted by molar-refractivity contribution is 0.345. The largest absolute Gasteiger partial charge is 0.360 e. The van der Waals surface area contributed by atoms with E-state index < -0.39 is 0 Å². The first kappa shape index (κ1) is 10.8. The Balaban J connectivity index is 1.76. The highest BCUT2D eigenvalue weighted by Gasteiger charge is 2.23. The zero-order valence-corrected chi connectivity index (χ0v) is 10.4. The molecule has 0 amide bonds. The maximum absolute atomic E-state index is 5.38. The van der Waals surface area contributed by atoms with Crippen LogP contribution in [-0.2, 0) is 0 Å². The minimum atomic E-state index is 0.214. The van der Waals surface area contributed by atoms with E-state index in [9.17, 15) is 0 Å². The van der Waals surface area contributed by atoms with Gasteiger partial charge in [-0.15, -0.1) is 0 Å². The fraction of sp³-hybridized carbons (Fsp3) is 0.286. The summed E-state index contributed by atoms with van der Waals surface area (Å²) in [7, 11) is 0. The lowest BCUT2D eigenvalue weighted by Gasteiger charge is -2.01. The summed E-state index contributed by atoms with van der Waals surface area (Å²) >= 11 is 0. The molecule has 0 spiro atoms. The molecular formula is C14H14N4O. The summed E-state index contributed by atoms with van der Waals surface area (Å²) in [6.45, 7) is 1.02. The molecule has 0 aliphatic carbocycles. The first-order chi connectivity index (χ1) is 9.42. The molecule has 5 heteroatoms. The van der Waals surface area contributed by atoms with Crippen molar-refractivity contribution in [1.82, 2.24) is 20.4 Å². The number of para-hydroxylation sites is 1. The topological polar surface area (TPSA) is 66.7 Å². The van der Waals surface area contributed by atoms with Gasteiger partial charge in [0.05, 0.1) is 6.04 Å². The van der Waals surface area contributed by atoms with Gasteiger partial charge in [-0.1, -0.05) is 23.4 Å². The molecule has 0 radical (unpaired) electrons. The van der Waals surface area contributed by atoms with E-state index in [1.54, 1.807) is 0 Å². The van der Waals surface area contributed by atoms with Crippen LogP contribution < -0.4 is 5.32 Å². The van der Waals surface area contributed by atoms with E-state index in [-0.39, 0.29) is 6.04 Å². The third kappa shape index (κ3) is 1.74. The summed E-state index contributed by atoms with van der Waals surface area (Å²) < 4.78 is 5.38. The number of aromatic nitrogens is 3. The van der Waals surface area contributed by atoms with Gasteiger partial charge in [0.25, 0.3) is 0 Å². The minimum Gasteiger partial charge on any atom is -0.360 e. The predicted octanol–water partition coefficient (Wildman–Crippen LogP) is 2.64. The second-order valence-electron chi connectivity index (χ2n) is 4.85. The van der Waals surface area contributed by atoms with Gasteiger partial charge in [-0.05, 0) is 25.5 Å². The van der Waals surface area contributed by atoms with Crippen LogP contribution in [0.25, 0.3) is 22.3 Å². The number of fused-ring (bicyclic) bond motifs is 1. The van der Waals surface area contributed by atoms with Gasteiger partial charge in [0.2, 0.25) is 11.7 Å². The van der Waals surface area contributed by atoms with E-state index in [4.69, 9.17) is 4.52 Å². The molecule has 3 aromatic rings. The highest BCUT2D eigenvalue weighted by Crippen LogP contribution is 2.28. The zero-order valence-electron chi connectivity index (χ0n) is 10.4. The van der Waals surface area contributed by atoms with Crippen molar-refractivity contribution in [2.45, 2.75) is 18.9 Å². The Hall–Kier alpha value is -2.14. The molecule has 4 rings (SSSR count). The molecule has 19 heavy (non-hydrogen) atoms. The second kappa shape index (κ2) is 4.20. The molecule has 2 aromatic heterocycles. The van der Waals surface area contributed by atoms with Gasteiger partial charge in [0.1, 0.15) is 0 Å². The first-order valence-corrected chi connectivity index (χ1v) is 6.55. The van der Waals surface area contributed by atoms with Crippen LogP contribution in [0.5, 0.6) is 0 Å². The number of nitrogens with one attached hydrogen (secondary N) is 2. The van der Waals surface area contributed by atoms with Gasteiger partial charge in [-0.2, -0.15) is 4.98 Å². The van der Waals surface area contributed by atoms with Crippen molar-refractivity contribution >= 4 is 10.9 Å². The Morgan fingerprint density at radius 2 is 2.21 bits per heavy atom. The van der Waals surface area contributed by atoms with Gasteiger partial charge in [0.15, 0.2) is 0 Å². The molecule has 3 heterocycles. The number of aromatic amines is 1. The molecule has 1 atom stereocenters. The van der Waals surface area contributed by atoms with Crippen LogP contribution in [0, 0.1) is 0 Å². The fourth-order valence-corrected chi connectivity index (χ4v) is 2.64. The summed E-state index contributed by atoms with van der Waals surface area (Å²) in [6, 6.07) is 8.33. The smallest absolute Gasteiger partial charge is 0.244 e. The molecule has 2 N–H and O–H groups in total. The number of hydrogen-bond donors (Lipinski definition) is 2. The monoisotopic (exact) mass is 254 g/mol. The van der Waals surface area contributed by atoms with Crippen LogP contribution in [0.3, 0.4) is 0 Å². The number of nitrogens with zero attached hydrogens (tertiary/aromatic N) is 2. The zero-order chi connectivity index (χ0) is 12.7. The standard InChI is InChI=1S/C14H14N4O/c1-2-5-11-9(4-1)10(8-16-11)13-17-14(19-18-13)12-6-3-7-15-12/h1-2,4-5,8,12,15-16H,3,6-7H2/t12-/m0/s1. The average Bonchev–Trinajstić information content (AvgIpc) is 3.18. The maximum Gasteiger partial charge on any atom is 0.244 e. The summed E-state index contributed by atoms with van der Waals surface area (Å²) in [5.74, 6) is 1.35.